The zero-order valence-electron chi connectivity index (χ0n) is 19.5. The molecule has 2 aliphatic heterocycles. The van der Waals surface area contributed by atoms with E-state index in [9.17, 15) is 28.0 Å². The molecule has 2 heterocycles. The van der Waals surface area contributed by atoms with Crippen molar-refractivity contribution in [3.8, 4) is 0 Å². The van der Waals surface area contributed by atoms with Crippen LogP contribution in [-0.4, -0.2) is 63.1 Å². The average Bonchev–Trinajstić information content (AvgIpc) is 3.14. The largest absolute Gasteiger partial charge is 0.384 e. The van der Waals surface area contributed by atoms with Gasteiger partial charge in [-0.2, -0.15) is 8.78 Å². The second-order valence-electron chi connectivity index (χ2n) is 8.97. The summed E-state index contributed by atoms with van der Waals surface area (Å²) >= 11 is 5.77. The molecule has 7 nitrogen and oxygen atoms in total. The van der Waals surface area contributed by atoms with Gasteiger partial charge < -0.3 is 9.71 Å². The summed E-state index contributed by atoms with van der Waals surface area (Å²) in [4.78, 5) is 52.0. The third kappa shape index (κ3) is 4.47. The fourth-order valence-corrected chi connectivity index (χ4v) is 4.81. The van der Waals surface area contributed by atoms with E-state index in [4.69, 9.17) is 11.6 Å². The highest BCUT2D eigenvalue weighted by atomic mass is 35.5. The summed E-state index contributed by atoms with van der Waals surface area (Å²) in [5.74, 6) is -6.28. The van der Waals surface area contributed by atoms with Gasteiger partial charge in [-0.05, 0) is 29.7 Å². The smallest absolute Gasteiger partial charge is 0.348 e. The van der Waals surface area contributed by atoms with Gasteiger partial charge in [0.25, 0.3) is 11.8 Å². The Balaban J connectivity index is 1.57. The molecule has 1 N–H and O–H groups in total. The summed E-state index contributed by atoms with van der Waals surface area (Å²) in [6.07, 6.45) is 0.390. The maximum Gasteiger partial charge on any atom is 0.348 e. The summed E-state index contributed by atoms with van der Waals surface area (Å²) in [5.41, 5.74) is 2.67. The number of benzene rings is 2. The van der Waals surface area contributed by atoms with Gasteiger partial charge in [0, 0.05) is 35.7 Å². The molecule has 1 fully saturated rings. The number of nitrogens with one attached hydrogen (secondary N) is 1. The van der Waals surface area contributed by atoms with Gasteiger partial charge >= 0.3 is 5.92 Å². The predicted octanol–water partition coefficient (Wildman–Crippen LogP) is -1.71. The Morgan fingerprint density at radius 3 is 2.49 bits per heavy atom. The Morgan fingerprint density at radius 1 is 1.20 bits per heavy atom. The summed E-state index contributed by atoms with van der Waals surface area (Å²) in [7, 11) is 4.80. The maximum absolute atomic E-state index is 14.9. The molecule has 0 saturated carbocycles. The third-order valence-electron chi connectivity index (χ3n) is 6.64. The number of carbonyl (C=O) groups is 4. The minimum absolute atomic E-state index is 0.0887. The standard InChI is InChI=1S/C22H21B3ClF2N3O4/c23-14-7-10(8-31(25)21(35)22(27,28)11-1-3-12(26)4-2-11)18(24)13-9-30(20(34)17(13)14)15-5-6-16(32)29-19(15)33/h1-4,7,15H,5-6,8-9,23-25H2,(H,29,32,33). The summed E-state index contributed by atoms with van der Waals surface area (Å²) in [6, 6.07) is 5.80. The van der Waals surface area contributed by atoms with Crippen LogP contribution in [0.1, 0.15) is 39.9 Å². The van der Waals surface area contributed by atoms with Crippen LogP contribution >= 0.6 is 11.6 Å². The molecular formula is C22H21B3ClF2N3O4. The Labute approximate surface area is 208 Å². The van der Waals surface area contributed by atoms with Crippen molar-refractivity contribution < 1.29 is 28.0 Å². The van der Waals surface area contributed by atoms with Crippen molar-refractivity contribution in [1.82, 2.24) is 15.0 Å². The number of halogens is 3. The molecule has 1 unspecified atom stereocenters. The number of piperidine rings is 1. The van der Waals surface area contributed by atoms with E-state index in [1.165, 1.54) is 25.0 Å². The Hall–Kier alpha value is -3.14. The van der Waals surface area contributed by atoms with Crippen LogP contribution in [0.25, 0.3) is 0 Å². The van der Waals surface area contributed by atoms with Gasteiger partial charge in [0.2, 0.25) is 19.8 Å². The quantitative estimate of drug-likeness (QED) is 0.394. The van der Waals surface area contributed by atoms with Crippen molar-refractivity contribution in [1.29, 1.82) is 0 Å². The molecule has 35 heavy (non-hydrogen) atoms. The molecule has 2 aromatic rings. The van der Waals surface area contributed by atoms with Gasteiger partial charge in [-0.25, -0.2) is 0 Å². The average molecular weight is 497 g/mol. The van der Waals surface area contributed by atoms with Crippen molar-refractivity contribution >= 4 is 69.8 Å². The zero-order chi connectivity index (χ0) is 25.7. The summed E-state index contributed by atoms with van der Waals surface area (Å²) in [6.45, 7) is 0.0775. The molecule has 178 valence electrons. The number of carbonyl (C=O) groups excluding carboxylic acids is 4. The van der Waals surface area contributed by atoms with Gasteiger partial charge in [-0.3, -0.25) is 24.5 Å². The molecule has 2 aliphatic rings. The highest BCUT2D eigenvalue weighted by Gasteiger charge is 2.43. The minimum Gasteiger partial charge on any atom is -0.384 e. The lowest BCUT2D eigenvalue weighted by Crippen LogP contribution is -2.52. The molecule has 1 saturated heterocycles. The molecule has 4 rings (SSSR count). The summed E-state index contributed by atoms with van der Waals surface area (Å²) < 4.78 is 29.7. The van der Waals surface area contributed by atoms with Gasteiger partial charge in [-0.1, -0.05) is 40.7 Å². The number of hydrogen-bond acceptors (Lipinski definition) is 4. The lowest BCUT2D eigenvalue weighted by atomic mass is 9.77. The molecular weight excluding hydrogens is 476 g/mol. The van der Waals surface area contributed by atoms with Crippen molar-refractivity contribution in [2.24, 2.45) is 0 Å². The molecule has 0 aromatic heterocycles. The molecule has 0 aliphatic carbocycles. The van der Waals surface area contributed by atoms with Crippen LogP contribution in [0.5, 0.6) is 0 Å². The molecule has 2 aromatic carbocycles. The van der Waals surface area contributed by atoms with E-state index in [0.717, 1.165) is 16.9 Å². The lowest BCUT2D eigenvalue weighted by molar-refractivity contribution is -0.154. The lowest BCUT2D eigenvalue weighted by Gasteiger charge is -2.29. The van der Waals surface area contributed by atoms with E-state index in [-0.39, 0.29) is 42.8 Å². The highest BCUT2D eigenvalue weighted by Crippen LogP contribution is 2.31. The van der Waals surface area contributed by atoms with Crippen LogP contribution < -0.4 is 16.2 Å². The van der Waals surface area contributed by atoms with E-state index >= 15 is 0 Å². The fraction of sp³-hybridized carbons (Fsp3) is 0.273. The first-order chi connectivity index (χ1) is 16.4. The van der Waals surface area contributed by atoms with E-state index in [2.05, 4.69) is 5.32 Å². The van der Waals surface area contributed by atoms with Crippen LogP contribution in [0.15, 0.2) is 30.3 Å². The number of fused-ring (bicyclic) bond motifs is 1. The van der Waals surface area contributed by atoms with Crippen molar-refractivity contribution in [2.45, 2.75) is 37.9 Å². The number of imide groups is 1. The topological polar surface area (TPSA) is 86.8 Å². The van der Waals surface area contributed by atoms with Crippen molar-refractivity contribution in [3.63, 3.8) is 0 Å². The number of alkyl halides is 2. The highest BCUT2D eigenvalue weighted by molar-refractivity contribution is 6.41. The third-order valence-corrected chi connectivity index (χ3v) is 6.89. The normalized spacial score (nSPS) is 17.9. The van der Waals surface area contributed by atoms with Gasteiger partial charge in [0.15, 0.2) is 0 Å². The van der Waals surface area contributed by atoms with E-state index < -0.39 is 29.3 Å². The molecule has 4 amide bonds. The number of nitrogens with zero attached hydrogens (tertiary/aromatic N) is 2. The van der Waals surface area contributed by atoms with Crippen LogP contribution in [0, 0.1) is 0 Å². The van der Waals surface area contributed by atoms with Crippen LogP contribution in [0.2, 0.25) is 5.02 Å². The monoisotopic (exact) mass is 497 g/mol. The predicted molar refractivity (Wildman–Crippen MR) is 133 cm³/mol. The van der Waals surface area contributed by atoms with Crippen molar-refractivity contribution in [2.75, 3.05) is 0 Å². The van der Waals surface area contributed by atoms with Gasteiger partial charge in [-0.15, -0.1) is 0 Å². The zero-order valence-corrected chi connectivity index (χ0v) is 20.2. The van der Waals surface area contributed by atoms with E-state index in [0.29, 0.717) is 27.6 Å². The summed E-state index contributed by atoms with van der Waals surface area (Å²) in [5, 5.41) is 2.56. The minimum atomic E-state index is -3.74. The first kappa shape index (κ1) is 25.0. The molecule has 13 heteroatoms. The fourth-order valence-electron chi connectivity index (χ4n) is 4.69. The van der Waals surface area contributed by atoms with Gasteiger partial charge in [0.1, 0.15) is 21.7 Å². The second kappa shape index (κ2) is 9.15. The SMILES string of the molecule is Bc1cc(CN(B)C(=O)C(F)(F)c2ccc(Cl)cc2)c(B)c2c1C(=O)N(C1CCC(=O)NC1=O)C2. The second-order valence-corrected chi connectivity index (χ2v) is 9.41. The Morgan fingerprint density at radius 2 is 1.86 bits per heavy atom. The number of hydrogen-bond donors (Lipinski definition) is 1. The van der Waals surface area contributed by atoms with Crippen molar-refractivity contribution in [3.05, 3.63) is 57.6 Å². The van der Waals surface area contributed by atoms with Crippen LogP contribution in [0.3, 0.4) is 0 Å². The maximum atomic E-state index is 14.9. The number of rotatable bonds is 5. The van der Waals surface area contributed by atoms with E-state index in [1.807, 2.05) is 0 Å². The Kier molecular flexibility index (Phi) is 6.53. The van der Waals surface area contributed by atoms with Crippen LogP contribution in [0.4, 0.5) is 8.78 Å². The van der Waals surface area contributed by atoms with Gasteiger partial charge in [0.05, 0.1) is 0 Å². The molecule has 1 atom stereocenters. The molecule has 0 spiro atoms. The Bertz CT molecular complexity index is 1260. The van der Waals surface area contributed by atoms with Crippen LogP contribution in [-0.2, 0) is 33.4 Å². The van der Waals surface area contributed by atoms with E-state index in [1.54, 1.807) is 21.8 Å². The first-order valence-corrected chi connectivity index (χ1v) is 11.5. The number of amides is 4. The molecule has 0 bridgehead atoms. The first-order valence-electron chi connectivity index (χ1n) is 11.1. The molecule has 0 radical (unpaired) electrons.